The molecule has 0 aliphatic heterocycles. The highest BCUT2D eigenvalue weighted by molar-refractivity contribution is 5.77. The first-order valence-corrected chi connectivity index (χ1v) is 5.85. The van der Waals surface area contributed by atoms with E-state index in [-0.39, 0.29) is 6.61 Å². The summed E-state index contributed by atoms with van der Waals surface area (Å²) in [7, 11) is 2.07. The van der Waals surface area contributed by atoms with Gasteiger partial charge in [-0.2, -0.15) is 0 Å². The molecule has 16 heavy (non-hydrogen) atoms. The number of imidazole rings is 1. The van der Waals surface area contributed by atoms with Crippen LogP contribution < -0.4 is 0 Å². The van der Waals surface area contributed by atoms with E-state index in [1.807, 2.05) is 18.2 Å². The highest BCUT2D eigenvalue weighted by Gasteiger charge is 2.24. The first kappa shape index (κ1) is 9.85. The van der Waals surface area contributed by atoms with Gasteiger partial charge in [-0.05, 0) is 30.5 Å². The van der Waals surface area contributed by atoms with Gasteiger partial charge in [0.25, 0.3) is 0 Å². The van der Waals surface area contributed by atoms with E-state index in [0.29, 0.717) is 5.92 Å². The average molecular weight is 216 g/mol. The second-order valence-corrected chi connectivity index (χ2v) is 4.64. The molecule has 1 aliphatic rings. The Morgan fingerprint density at radius 3 is 2.88 bits per heavy atom. The van der Waals surface area contributed by atoms with Gasteiger partial charge in [-0.15, -0.1) is 0 Å². The van der Waals surface area contributed by atoms with Crippen molar-refractivity contribution in [3.8, 4) is 0 Å². The highest BCUT2D eigenvalue weighted by atomic mass is 16.3. The molecule has 0 amide bonds. The molecule has 3 rings (SSSR count). The summed E-state index contributed by atoms with van der Waals surface area (Å²) in [5, 5.41) is 9.13. The number of benzene rings is 1. The fourth-order valence-corrected chi connectivity index (χ4v) is 2.38. The van der Waals surface area contributed by atoms with Crippen molar-refractivity contribution >= 4 is 11.0 Å². The van der Waals surface area contributed by atoms with Crippen molar-refractivity contribution in [2.24, 2.45) is 7.05 Å². The fraction of sp³-hybridized carbons (Fsp3) is 0.462. The zero-order valence-electron chi connectivity index (χ0n) is 9.48. The summed E-state index contributed by atoms with van der Waals surface area (Å²) in [4.78, 5) is 4.69. The van der Waals surface area contributed by atoms with Crippen LogP contribution in [0.25, 0.3) is 11.0 Å². The second kappa shape index (κ2) is 3.59. The van der Waals surface area contributed by atoms with Gasteiger partial charge in [0.05, 0.1) is 17.6 Å². The van der Waals surface area contributed by atoms with Crippen LogP contribution in [0.2, 0.25) is 0 Å². The number of aliphatic hydroxyl groups excluding tert-OH is 1. The number of aromatic nitrogens is 2. The summed E-state index contributed by atoms with van der Waals surface area (Å²) >= 11 is 0. The minimum atomic E-state index is 0.0971. The van der Waals surface area contributed by atoms with Gasteiger partial charge in [0.2, 0.25) is 0 Å². The van der Waals surface area contributed by atoms with E-state index in [9.17, 15) is 0 Å². The average Bonchev–Trinajstić information content (AvgIpc) is 2.54. The Morgan fingerprint density at radius 1 is 1.44 bits per heavy atom. The van der Waals surface area contributed by atoms with Gasteiger partial charge in [0.15, 0.2) is 0 Å². The number of fused-ring (bicyclic) bond motifs is 1. The number of hydrogen-bond acceptors (Lipinski definition) is 2. The number of hydrogen-bond donors (Lipinski definition) is 1. The topological polar surface area (TPSA) is 38.0 Å². The van der Waals surface area contributed by atoms with Crippen molar-refractivity contribution < 1.29 is 5.11 Å². The maximum absolute atomic E-state index is 9.13. The highest BCUT2D eigenvalue weighted by Crippen LogP contribution is 2.36. The first-order valence-electron chi connectivity index (χ1n) is 5.85. The van der Waals surface area contributed by atoms with Gasteiger partial charge in [-0.3, -0.25) is 0 Å². The lowest BCUT2D eigenvalue weighted by Gasteiger charge is -2.24. The Balaban J connectivity index is 2.14. The molecule has 1 aromatic carbocycles. The Labute approximate surface area is 94.7 Å². The summed E-state index contributed by atoms with van der Waals surface area (Å²) in [5.41, 5.74) is 3.13. The summed E-state index contributed by atoms with van der Waals surface area (Å²) in [5.74, 6) is 1.85. The van der Waals surface area contributed by atoms with Crippen LogP contribution in [0.5, 0.6) is 0 Å². The van der Waals surface area contributed by atoms with Crippen molar-refractivity contribution in [1.29, 1.82) is 0 Å². The van der Waals surface area contributed by atoms with Crippen LogP contribution in [0.3, 0.4) is 0 Å². The van der Waals surface area contributed by atoms with Gasteiger partial charge in [0, 0.05) is 13.0 Å². The standard InChI is InChI=1S/C13H16N2O/c1-15-12-7-9(8-16)5-6-11(12)14-13(15)10-3-2-4-10/h5-7,10,16H,2-4,8H2,1H3. The third-order valence-electron chi connectivity index (χ3n) is 3.63. The zero-order chi connectivity index (χ0) is 11.1. The van der Waals surface area contributed by atoms with Gasteiger partial charge in [0.1, 0.15) is 5.82 Å². The fourth-order valence-electron chi connectivity index (χ4n) is 2.38. The van der Waals surface area contributed by atoms with Crippen LogP contribution >= 0.6 is 0 Å². The van der Waals surface area contributed by atoms with E-state index in [1.165, 1.54) is 25.1 Å². The van der Waals surface area contributed by atoms with Crippen LogP contribution in [0.4, 0.5) is 0 Å². The van der Waals surface area contributed by atoms with Crippen molar-refractivity contribution in [3.63, 3.8) is 0 Å². The molecule has 0 saturated heterocycles. The lowest BCUT2D eigenvalue weighted by Crippen LogP contribution is -2.13. The molecular formula is C13H16N2O. The molecule has 3 heteroatoms. The third-order valence-corrected chi connectivity index (χ3v) is 3.63. The predicted molar refractivity (Wildman–Crippen MR) is 63.2 cm³/mol. The van der Waals surface area contributed by atoms with Crippen LogP contribution in [-0.4, -0.2) is 14.7 Å². The van der Waals surface area contributed by atoms with Crippen molar-refractivity contribution in [1.82, 2.24) is 9.55 Å². The molecule has 2 aromatic rings. The number of aryl methyl sites for hydroxylation is 1. The predicted octanol–water partition coefficient (Wildman–Crippen LogP) is 2.33. The smallest absolute Gasteiger partial charge is 0.112 e. The molecule has 0 radical (unpaired) electrons. The Bertz CT molecular complexity index is 526. The molecule has 1 heterocycles. The van der Waals surface area contributed by atoms with Crippen LogP contribution in [0.15, 0.2) is 18.2 Å². The van der Waals surface area contributed by atoms with Crippen LogP contribution in [0, 0.1) is 0 Å². The Hall–Kier alpha value is -1.35. The van der Waals surface area contributed by atoms with Gasteiger partial charge >= 0.3 is 0 Å². The summed E-state index contributed by atoms with van der Waals surface area (Å²) in [6, 6.07) is 5.98. The molecule has 0 atom stereocenters. The summed E-state index contributed by atoms with van der Waals surface area (Å²) in [6.07, 6.45) is 3.86. The van der Waals surface area contributed by atoms with Gasteiger partial charge in [-0.1, -0.05) is 12.5 Å². The molecular weight excluding hydrogens is 200 g/mol. The molecule has 0 spiro atoms. The van der Waals surface area contributed by atoms with E-state index < -0.39 is 0 Å². The molecule has 84 valence electrons. The normalized spacial score (nSPS) is 16.6. The molecule has 1 N–H and O–H groups in total. The van der Waals surface area contributed by atoms with Gasteiger partial charge in [-0.25, -0.2) is 4.98 Å². The lowest BCUT2D eigenvalue weighted by atomic mass is 9.85. The molecule has 3 nitrogen and oxygen atoms in total. The molecule has 1 aromatic heterocycles. The largest absolute Gasteiger partial charge is 0.392 e. The Morgan fingerprint density at radius 2 is 2.25 bits per heavy atom. The van der Waals surface area contributed by atoms with E-state index in [4.69, 9.17) is 10.1 Å². The van der Waals surface area contributed by atoms with E-state index >= 15 is 0 Å². The maximum atomic E-state index is 9.13. The maximum Gasteiger partial charge on any atom is 0.112 e. The monoisotopic (exact) mass is 216 g/mol. The van der Waals surface area contributed by atoms with Crippen LogP contribution in [0.1, 0.15) is 36.6 Å². The SMILES string of the molecule is Cn1c(C2CCC2)nc2ccc(CO)cc21. The first-order chi connectivity index (χ1) is 7.79. The molecule has 1 fully saturated rings. The van der Waals surface area contributed by atoms with Crippen LogP contribution in [-0.2, 0) is 13.7 Å². The second-order valence-electron chi connectivity index (χ2n) is 4.64. The summed E-state index contributed by atoms with van der Waals surface area (Å²) in [6.45, 7) is 0.0971. The summed E-state index contributed by atoms with van der Waals surface area (Å²) < 4.78 is 2.18. The quantitative estimate of drug-likeness (QED) is 0.836. The Kier molecular flexibility index (Phi) is 2.21. The molecule has 1 saturated carbocycles. The van der Waals surface area contributed by atoms with E-state index in [2.05, 4.69) is 11.6 Å². The van der Waals surface area contributed by atoms with Crippen molar-refractivity contribution in [3.05, 3.63) is 29.6 Å². The van der Waals surface area contributed by atoms with Crippen molar-refractivity contribution in [2.75, 3.05) is 0 Å². The number of nitrogens with zero attached hydrogens (tertiary/aromatic N) is 2. The lowest BCUT2D eigenvalue weighted by molar-refractivity contribution is 0.282. The minimum Gasteiger partial charge on any atom is -0.392 e. The third kappa shape index (κ3) is 1.35. The van der Waals surface area contributed by atoms with Crippen molar-refractivity contribution in [2.45, 2.75) is 31.8 Å². The molecule has 0 unspecified atom stereocenters. The molecule has 1 aliphatic carbocycles. The number of rotatable bonds is 2. The van der Waals surface area contributed by atoms with E-state index in [1.54, 1.807) is 0 Å². The molecule has 0 bridgehead atoms. The zero-order valence-corrected chi connectivity index (χ0v) is 9.48. The number of aliphatic hydroxyl groups is 1. The minimum absolute atomic E-state index is 0.0971. The van der Waals surface area contributed by atoms with E-state index in [0.717, 1.165) is 16.6 Å². The van der Waals surface area contributed by atoms with Gasteiger partial charge < -0.3 is 9.67 Å².